The number of alkyl halides is 1. The second kappa shape index (κ2) is 6.26. The largest absolute Gasteiger partial charge is 0.497 e. The fourth-order valence-corrected chi connectivity index (χ4v) is 1.66. The van der Waals surface area contributed by atoms with Gasteiger partial charge in [-0.1, -0.05) is 12.1 Å². The van der Waals surface area contributed by atoms with Crippen LogP contribution in [0.1, 0.15) is 11.3 Å². The Morgan fingerprint density at radius 1 is 1.17 bits per heavy atom. The van der Waals surface area contributed by atoms with E-state index in [9.17, 15) is 0 Å². The molecular weight excluding hydrogens is 250 g/mol. The number of halogens is 1. The molecule has 1 aromatic heterocycles. The average molecular weight is 264 g/mol. The van der Waals surface area contributed by atoms with E-state index in [4.69, 9.17) is 21.1 Å². The number of ether oxygens (including phenoxy) is 2. The molecule has 0 amide bonds. The lowest BCUT2D eigenvalue weighted by Crippen LogP contribution is -1.97. The van der Waals surface area contributed by atoms with Crippen molar-refractivity contribution in [2.45, 2.75) is 12.5 Å². The van der Waals surface area contributed by atoms with Crippen LogP contribution in [-0.4, -0.2) is 12.1 Å². The van der Waals surface area contributed by atoms with Crippen LogP contribution in [0.3, 0.4) is 0 Å². The van der Waals surface area contributed by atoms with Gasteiger partial charge in [0.05, 0.1) is 24.9 Å². The molecule has 4 heteroatoms. The highest BCUT2D eigenvalue weighted by Crippen LogP contribution is 2.16. The van der Waals surface area contributed by atoms with Gasteiger partial charge in [-0.3, -0.25) is 4.98 Å². The summed E-state index contributed by atoms with van der Waals surface area (Å²) in [5, 5.41) is 0. The van der Waals surface area contributed by atoms with Gasteiger partial charge in [-0.05, 0) is 29.8 Å². The van der Waals surface area contributed by atoms with Gasteiger partial charge in [0, 0.05) is 0 Å². The molecule has 1 heterocycles. The third kappa shape index (κ3) is 3.37. The molecule has 2 rings (SSSR count). The van der Waals surface area contributed by atoms with E-state index in [1.165, 1.54) is 0 Å². The first-order valence-electron chi connectivity index (χ1n) is 5.58. The number of methoxy groups -OCH3 is 1. The van der Waals surface area contributed by atoms with Gasteiger partial charge >= 0.3 is 0 Å². The van der Waals surface area contributed by atoms with E-state index in [1.54, 1.807) is 13.3 Å². The Labute approximate surface area is 111 Å². The number of nitrogens with zero attached hydrogens (tertiary/aromatic N) is 1. The van der Waals surface area contributed by atoms with Crippen LogP contribution in [0.5, 0.6) is 11.5 Å². The molecule has 0 radical (unpaired) electrons. The Morgan fingerprint density at radius 2 is 2.06 bits per heavy atom. The van der Waals surface area contributed by atoms with E-state index >= 15 is 0 Å². The van der Waals surface area contributed by atoms with E-state index < -0.39 is 0 Å². The molecule has 0 atom stereocenters. The Bertz CT molecular complexity index is 499. The third-order valence-electron chi connectivity index (χ3n) is 2.47. The summed E-state index contributed by atoms with van der Waals surface area (Å²) >= 11 is 5.67. The highest BCUT2D eigenvalue weighted by Gasteiger charge is 1.99. The molecule has 3 nitrogen and oxygen atoms in total. The van der Waals surface area contributed by atoms with Crippen molar-refractivity contribution >= 4 is 11.6 Å². The summed E-state index contributed by atoms with van der Waals surface area (Å²) in [6, 6.07) is 11.5. The van der Waals surface area contributed by atoms with Gasteiger partial charge in [0.15, 0.2) is 0 Å². The first kappa shape index (κ1) is 12.7. The second-order valence-corrected chi connectivity index (χ2v) is 4.03. The molecule has 0 aliphatic heterocycles. The summed E-state index contributed by atoms with van der Waals surface area (Å²) in [6.45, 7) is 0.485. The fourth-order valence-electron chi connectivity index (χ4n) is 1.50. The monoisotopic (exact) mass is 263 g/mol. The molecule has 0 N–H and O–H groups in total. The number of hydrogen-bond donors (Lipinski definition) is 0. The van der Waals surface area contributed by atoms with Gasteiger partial charge in [-0.2, -0.15) is 0 Å². The van der Waals surface area contributed by atoms with Gasteiger partial charge in [0.2, 0.25) is 0 Å². The molecule has 0 aliphatic carbocycles. The molecule has 0 unspecified atom stereocenters. The van der Waals surface area contributed by atoms with Crippen LogP contribution in [0.4, 0.5) is 0 Å². The van der Waals surface area contributed by atoms with Crippen LogP contribution in [0, 0.1) is 0 Å². The standard InChI is InChI=1S/C14H14ClNO2/c1-17-13-4-2-3-11(7-13)10-18-14-6-5-12(8-15)16-9-14/h2-7,9H,8,10H2,1H3. The van der Waals surface area contributed by atoms with E-state index in [1.807, 2.05) is 36.4 Å². The lowest BCUT2D eigenvalue weighted by Gasteiger charge is -2.07. The predicted octanol–water partition coefficient (Wildman–Crippen LogP) is 3.41. The van der Waals surface area contributed by atoms with Crippen molar-refractivity contribution < 1.29 is 9.47 Å². The van der Waals surface area contributed by atoms with Crippen molar-refractivity contribution in [2.75, 3.05) is 7.11 Å². The zero-order chi connectivity index (χ0) is 12.8. The molecular formula is C14H14ClNO2. The molecule has 18 heavy (non-hydrogen) atoms. The maximum absolute atomic E-state index is 5.67. The quantitative estimate of drug-likeness (QED) is 0.775. The third-order valence-corrected chi connectivity index (χ3v) is 2.75. The van der Waals surface area contributed by atoms with Crippen LogP contribution in [0.25, 0.3) is 0 Å². The van der Waals surface area contributed by atoms with Crippen molar-refractivity contribution in [1.82, 2.24) is 4.98 Å². The SMILES string of the molecule is COc1cccc(COc2ccc(CCl)nc2)c1. The van der Waals surface area contributed by atoms with Gasteiger partial charge in [0.25, 0.3) is 0 Å². The minimum Gasteiger partial charge on any atom is -0.497 e. The number of hydrogen-bond acceptors (Lipinski definition) is 3. The average Bonchev–Trinajstić information content (AvgIpc) is 2.46. The molecule has 0 spiro atoms. The van der Waals surface area contributed by atoms with E-state index in [2.05, 4.69) is 4.98 Å². The first-order chi connectivity index (χ1) is 8.81. The summed E-state index contributed by atoms with van der Waals surface area (Å²) in [6.07, 6.45) is 1.68. The molecule has 0 saturated carbocycles. The van der Waals surface area contributed by atoms with Crippen LogP contribution < -0.4 is 9.47 Å². The molecule has 0 aliphatic rings. The molecule has 1 aromatic carbocycles. The second-order valence-electron chi connectivity index (χ2n) is 3.76. The Hall–Kier alpha value is -1.74. The lowest BCUT2D eigenvalue weighted by atomic mass is 10.2. The Balaban J connectivity index is 1.97. The number of pyridine rings is 1. The van der Waals surface area contributed by atoms with E-state index in [0.29, 0.717) is 12.5 Å². The first-order valence-corrected chi connectivity index (χ1v) is 6.12. The molecule has 0 bridgehead atoms. The summed E-state index contributed by atoms with van der Waals surface area (Å²) in [7, 11) is 1.65. The number of benzene rings is 1. The topological polar surface area (TPSA) is 31.4 Å². The molecule has 0 saturated heterocycles. The van der Waals surface area contributed by atoms with Crippen LogP contribution in [-0.2, 0) is 12.5 Å². The molecule has 94 valence electrons. The summed E-state index contributed by atoms with van der Waals surface area (Å²) in [4.78, 5) is 4.16. The maximum atomic E-state index is 5.67. The highest BCUT2D eigenvalue weighted by atomic mass is 35.5. The van der Waals surface area contributed by atoms with Crippen molar-refractivity contribution in [3.63, 3.8) is 0 Å². The highest BCUT2D eigenvalue weighted by molar-refractivity contribution is 6.16. The Kier molecular flexibility index (Phi) is 4.42. The fraction of sp³-hybridized carbons (Fsp3) is 0.214. The smallest absolute Gasteiger partial charge is 0.138 e. The van der Waals surface area contributed by atoms with E-state index in [-0.39, 0.29) is 0 Å². The Morgan fingerprint density at radius 3 is 2.72 bits per heavy atom. The number of aromatic nitrogens is 1. The summed E-state index contributed by atoms with van der Waals surface area (Å²) < 4.78 is 10.8. The van der Waals surface area contributed by atoms with Crippen molar-refractivity contribution in [3.05, 3.63) is 53.9 Å². The zero-order valence-corrected chi connectivity index (χ0v) is 10.9. The van der Waals surface area contributed by atoms with Crippen LogP contribution in [0.2, 0.25) is 0 Å². The zero-order valence-electron chi connectivity index (χ0n) is 10.1. The van der Waals surface area contributed by atoms with Gasteiger partial charge < -0.3 is 9.47 Å². The minimum absolute atomic E-state index is 0.413. The van der Waals surface area contributed by atoms with Crippen molar-refractivity contribution in [2.24, 2.45) is 0 Å². The molecule has 0 fully saturated rings. The van der Waals surface area contributed by atoms with Gasteiger partial charge in [-0.25, -0.2) is 0 Å². The lowest BCUT2D eigenvalue weighted by molar-refractivity contribution is 0.304. The van der Waals surface area contributed by atoms with Crippen LogP contribution >= 0.6 is 11.6 Å². The summed E-state index contributed by atoms with van der Waals surface area (Å²) in [5.74, 6) is 1.97. The van der Waals surface area contributed by atoms with Crippen molar-refractivity contribution in [1.29, 1.82) is 0 Å². The van der Waals surface area contributed by atoms with Gasteiger partial charge in [-0.15, -0.1) is 11.6 Å². The minimum atomic E-state index is 0.413. The predicted molar refractivity (Wildman–Crippen MR) is 71.1 cm³/mol. The maximum Gasteiger partial charge on any atom is 0.138 e. The van der Waals surface area contributed by atoms with Gasteiger partial charge in [0.1, 0.15) is 18.1 Å². The molecule has 2 aromatic rings. The normalized spacial score (nSPS) is 10.1. The van der Waals surface area contributed by atoms with E-state index in [0.717, 1.165) is 22.8 Å². The van der Waals surface area contributed by atoms with Crippen molar-refractivity contribution in [3.8, 4) is 11.5 Å². The summed E-state index contributed by atoms with van der Waals surface area (Å²) in [5.41, 5.74) is 1.89. The van der Waals surface area contributed by atoms with Crippen LogP contribution in [0.15, 0.2) is 42.6 Å². The number of rotatable bonds is 5.